The molecule has 2 unspecified atom stereocenters. The van der Waals surface area contributed by atoms with E-state index in [1.165, 1.54) is 4.88 Å². The molecule has 13 heavy (non-hydrogen) atoms. The van der Waals surface area contributed by atoms with Crippen LogP contribution in [0.1, 0.15) is 16.5 Å². The Balaban J connectivity index is 2.32. The van der Waals surface area contributed by atoms with Gasteiger partial charge in [0, 0.05) is 10.8 Å². The molecule has 0 fully saturated rings. The molecule has 1 heterocycles. The summed E-state index contributed by atoms with van der Waals surface area (Å²) < 4.78 is 0. The maximum atomic E-state index is 6.17. The lowest BCUT2D eigenvalue weighted by Crippen LogP contribution is -2.11. The molecular formula is C10H10ClNS. The third-order valence-electron chi connectivity index (χ3n) is 2.17. The number of nitrogens with zero attached hydrogens (tertiary/aromatic N) is 1. The quantitative estimate of drug-likeness (QED) is 0.650. The topological polar surface area (TPSA) is 12.9 Å². The largest absolute Gasteiger partial charge is 0.249 e. The van der Waals surface area contributed by atoms with Crippen LogP contribution in [0.4, 0.5) is 0 Å². The van der Waals surface area contributed by atoms with Crippen LogP contribution < -0.4 is 0 Å². The zero-order valence-electron chi connectivity index (χ0n) is 7.27. The summed E-state index contributed by atoms with van der Waals surface area (Å²) in [5.74, 6) is 0.248. The van der Waals surface area contributed by atoms with Crippen molar-refractivity contribution in [1.29, 1.82) is 0 Å². The predicted molar refractivity (Wildman–Crippen MR) is 57.5 cm³/mol. The van der Waals surface area contributed by atoms with Gasteiger partial charge in [-0.15, -0.1) is 22.9 Å². The Kier molecular flexibility index (Phi) is 2.51. The van der Waals surface area contributed by atoms with Crippen LogP contribution in [-0.4, -0.2) is 10.4 Å². The second-order valence-corrected chi connectivity index (χ2v) is 4.60. The fourth-order valence-corrected chi connectivity index (χ4v) is 2.38. The van der Waals surface area contributed by atoms with Crippen molar-refractivity contribution in [1.82, 2.24) is 4.98 Å². The van der Waals surface area contributed by atoms with Crippen LogP contribution in [0.3, 0.4) is 0 Å². The van der Waals surface area contributed by atoms with Gasteiger partial charge in [-0.1, -0.05) is 24.3 Å². The van der Waals surface area contributed by atoms with Crippen molar-refractivity contribution in [3.05, 3.63) is 40.4 Å². The number of aryl methyl sites for hydroxylation is 1. The number of allylic oxidation sites excluding steroid dienone is 4. The van der Waals surface area contributed by atoms with Gasteiger partial charge in [-0.05, 0) is 6.92 Å². The van der Waals surface area contributed by atoms with Gasteiger partial charge in [-0.3, -0.25) is 0 Å². The van der Waals surface area contributed by atoms with E-state index in [1.807, 2.05) is 23.7 Å². The molecule has 0 saturated heterocycles. The molecule has 0 bridgehead atoms. The van der Waals surface area contributed by atoms with E-state index in [4.69, 9.17) is 11.6 Å². The Labute approximate surface area is 86.8 Å². The number of hydrogen-bond acceptors (Lipinski definition) is 2. The Morgan fingerprint density at radius 1 is 1.38 bits per heavy atom. The zero-order chi connectivity index (χ0) is 9.26. The highest BCUT2D eigenvalue weighted by Gasteiger charge is 2.21. The minimum Gasteiger partial charge on any atom is -0.249 e. The van der Waals surface area contributed by atoms with E-state index in [0.717, 1.165) is 5.69 Å². The smallest absolute Gasteiger partial charge is 0.0797 e. The molecule has 1 aliphatic rings. The predicted octanol–water partition coefficient (Wildman–Crippen LogP) is 3.27. The average Bonchev–Trinajstić information content (AvgIpc) is 2.52. The molecule has 1 aliphatic carbocycles. The lowest BCUT2D eigenvalue weighted by molar-refractivity contribution is 0.824. The fourth-order valence-electron chi connectivity index (χ4n) is 1.46. The van der Waals surface area contributed by atoms with E-state index in [9.17, 15) is 0 Å². The third-order valence-corrected chi connectivity index (χ3v) is 3.36. The maximum Gasteiger partial charge on any atom is 0.0797 e. The monoisotopic (exact) mass is 211 g/mol. The van der Waals surface area contributed by atoms with Crippen molar-refractivity contribution in [2.75, 3.05) is 0 Å². The molecule has 0 spiro atoms. The molecule has 1 aromatic heterocycles. The summed E-state index contributed by atoms with van der Waals surface area (Å²) in [7, 11) is 0. The van der Waals surface area contributed by atoms with Gasteiger partial charge in [-0.2, -0.15) is 0 Å². The maximum absolute atomic E-state index is 6.17. The van der Waals surface area contributed by atoms with Gasteiger partial charge in [0.15, 0.2) is 0 Å². The van der Waals surface area contributed by atoms with Crippen molar-refractivity contribution in [2.24, 2.45) is 0 Å². The fraction of sp³-hybridized carbons (Fsp3) is 0.300. The Morgan fingerprint density at radius 2 is 2.15 bits per heavy atom. The van der Waals surface area contributed by atoms with Gasteiger partial charge in [0.25, 0.3) is 0 Å². The van der Waals surface area contributed by atoms with E-state index < -0.39 is 0 Å². The number of halogens is 1. The number of hydrogen-bond donors (Lipinski definition) is 0. The molecule has 0 saturated carbocycles. The Hall–Kier alpha value is -0.600. The lowest BCUT2D eigenvalue weighted by Gasteiger charge is -2.17. The normalized spacial score (nSPS) is 26.6. The van der Waals surface area contributed by atoms with E-state index >= 15 is 0 Å². The molecule has 1 nitrogen and oxygen atoms in total. The molecule has 2 atom stereocenters. The third kappa shape index (κ3) is 1.69. The second-order valence-electron chi connectivity index (χ2n) is 3.03. The molecule has 0 radical (unpaired) electrons. The molecule has 2 rings (SSSR count). The summed E-state index contributed by atoms with van der Waals surface area (Å²) in [5, 5.41) is 0.0470. The van der Waals surface area contributed by atoms with Crippen LogP contribution in [0.5, 0.6) is 0 Å². The van der Waals surface area contributed by atoms with Crippen LogP contribution in [0.25, 0.3) is 0 Å². The van der Waals surface area contributed by atoms with Crippen LogP contribution in [0.2, 0.25) is 0 Å². The van der Waals surface area contributed by atoms with Gasteiger partial charge in [0.05, 0.1) is 16.6 Å². The summed E-state index contributed by atoms with van der Waals surface area (Å²) in [6, 6.07) is 0. The highest BCUT2D eigenvalue weighted by molar-refractivity contribution is 7.09. The average molecular weight is 212 g/mol. The summed E-state index contributed by atoms with van der Waals surface area (Å²) in [4.78, 5) is 5.60. The minimum absolute atomic E-state index is 0.0470. The summed E-state index contributed by atoms with van der Waals surface area (Å²) in [6.45, 7) is 2.09. The highest BCUT2D eigenvalue weighted by atomic mass is 35.5. The molecule has 0 aliphatic heterocycles. The number of thiazole rings is 1. The molecule has 1 aromatic rings. The number of aromatic nitrogens is 1. The first-order valence-corrected chi connectivity index (χ1v) is 5.49. The van der Waals surface area contributed by atoms with E-state index in [2.05, 4.69) is 18.0 Å². The minimum atomic E-state index is 0.0470. The van der Waals surface area contributed by atoms with Crippen molar-refractivity contribution < 1.29 is 0 Å². The lowest BCUT2D eigenvalue weighted by atomic mass is 9.96. The highest BCUT2D eigenvalue weighted by Crippen LogP contribution is 2.31. The number of alkyl halides is 1. The molecule has 0 amide bonds. The number of rotatable bonds is 1. The molecule has 0 N–H and O–H groups in total. The second kappa shape index (κ2) is 3.64. The van der Waals surface area contributed by atoms with Crippen molar-refractivity contribution in [3.8, 4) is 0 Å². The molecule has 0 aromatic carbocycles. The summed E-state index contributed by atoms with van der Waals surface area (Å²) in [6.07, 6.45) is 8.13. The van der Waals surface area contributed by atoms with Crippen molar-refractivity contribution in [3.63, 3.8) is 0 Å². The van der Waals surface area contributed by atoms with Crippen LogP contribution >= 0.6 is 22.9 Å². The first-order valence-electron chi connectivity index (χ1n) is 4.18. The summed E-state index contributed by atoms with van der Waals surface area (Å²) >= 11 is 7.85. The van der Waals surface area contributed by atoms with Crippen LogP contribution in [-0.2, 0) is 0 Å². The summed E-state index contributed by atoms with van der Waals surface area (Å²) in [5.41, 5.74) is 2.99. The SMILES string of the molecule is Cc1scnc1C1C=CC=CC1Cl. The van der Waals surface area contributed by atoms with Gasteiger partial charge in [0.2, 0.25) is 0 Å². The van der Waals surface area contributed by atoms with Crippen LogP contribution in [0, 0.1) is 6.92 Å². The van der Waals surface area contributed by atoms with E-state index in [-0.39, 0.29) is 11.3 Å². The van der Waals surface area contributed by atoms with Gasteiger partial charge in [0.1, 0.15) is 0 Å². The Bertz CT molecular complexity index is 354. The first kappa shape index (κ1) is 8.97. The van der Waals surface area contributed by atoms with Gasteiger partial charge >= 0.3 is 0 Å². The molecule has 68 valence electrons. The van der Waals surface area contributed by atoms with Crippen LogP contribution in [0.15, 0.2) is 29.8 Å². The first-order chi connectivity index (χ1) is 6.29. The van der Waals surface area contributed by atoms with Crippen molar-refractivity contribution in [2.45, 2.75) is 18.2 Å². The molecular weight excluding hydrogens is 202 g/mol. The Morgan fingerprint density at radius 3 is 2.77 bits per heavy atom. The van der Waals surface area contributed by atoms with E-state index in [0.29, 0.717) is 0 Å². The van der Waals surface area contributed by atoms with Crippen molar-refractivity contribution >= 4 is 22.9 Å². The van der Waals surface area contributed by atoms with E-state index in [1.54, 1.807) is 11.3 Å². The molecule has 3 heteroatoms. The zero-order valence-corrected chi connectivity index (χ0v) is 8.85. The standard InChI is InChI=1S/C10H10ClNS/c1-7-10(12-6-13-7)8-4-2-3-5-9(8)11/h2-6,8-9H,1H3. The van der Waals surface area contributed by atoms with Gasteiger partial charge < -0.3 is 0 Å². The van der Waals surface area contributed by atoms with Gasteiger partial charge in [-0.25, -0.2) is 4.98 Å².